The van der Waals surface area contributed by atoms with Crippen molar-refractivity contribution in [3.05, 3.63) is 0 Å². The predicted molar refractivity (Wildman–Crippen MR) is 84.9 cm³/mol. The number of aliphatic hydroxyl groups is 1. The molecule has 2 rings (SSSR count). The van der Waals surface area contributed by atoms with E-state index in [1.165, 1.54) is 45.3 Å². The molecule has 3 heteroatoms. The van der Waals surface area contributed by atoms with Crippen molar-refractivity contribution in [2.45, 2.75) is 71.1 Å². The van der Waals surface area contributed by atoms with Gasteiger partial charge in [0.15, 0.2) is 0 Å². The molecule has 1 saturated carbocycles. The quantitative estimate of drug-likeness (QED) is 0.858. The minimum absolute atomic E-state index is 0.112. The van der Waals surface area contributed by atoms with Gasteiger partial charge in [0.25, 0.3) is 0 Å². The van der Waals surface area contributed by atoms with Crippen molar-refractivity contribution in [2.24, 2.45) is 11.8 Å². The summed E-state index contributed by atoms with van der Waals surface area (Å²) >= 11 is 0. The molecule has 0 bridgehead atoms. The summed E-state index contributed by atoms with van der Waals surface area (Å²) in [5.41, 5.74) is 0. The molecule has 0 aromatic heterocycles. The zero-order chi connectivity index (χ0) is 14.7. The van der Waals surface area contributed by atoms with Crippen LogP contribution in [0.1, 0.15) is 52.9 Å². The molecule has 0 aromatic rings. The zero-order valence-electron chi connectivity index (χ0n) is 13.9. The summed E-state index contributed by atoms with van der Waals surface area (Å²) in [4.78, 5) is 5.06. The normalized spacial score (nSPS) is 34.0. The Hall–Kier alpha value is -0.120. The van der Waals surface area contributed by atoms with Crippen LogP contribution in [-0.4, -0.2) is 59.8 Å². The van der Waals surface area contributed by atoms with Crippen molar-refractivity contribution in [2.75, 3.05) is 26.7 Å². The van der Waals surface area contributed by atoms with Crippen LogP contribution in [0.25, 0.3) is 0 Å². The molecule has 3 unspecified atom stereocenters. The SMILES string of the molecule is CCN1CCC(N(C)C2CC(C(C)C)CCC2O)CC1. The molecule has 3 nitrogen and oxygen atoms in total. The van der Waals surface area contributed by atoms with Gasteiger partial charge in [-0.1, -0.05) is 20.8 Å². The summed E-state index contributed by atoms with van der Waals surface area (Å²) < 4.78 is 0. The van der Waals surface area contributed by atoms with Crippen LogP contribution in [0.4, 0.5) is 0 Å². The van der Waals surface area contributed by atoms with E-state index >= 15 is 0 Å². The number of hydrogen-bond donors (Lipinski definition) is 1. The summed E-state index contributed by atoms with van der Waals surface area (Å²) in [6, 6.07) is 1.05. The molecule has 3 atom stereocenters. The van der Waals surface area contributed by atoms with Crippen molar-refractivity contribution < 1.29 is 5.11 Å². The Labute approximate surface area is 125 Å². The third-order valence-electron chi connectivity index (χ3n) is 5.87. The first-order valence-electron chi connectivity index (χ1n) is 8.65. The van der Waals surface area contributed by atoms with Gasteiger partial charge in [0.2, 0.25) is 0 Å². The van der Waals surface area contributed by atoms with Crippen molar-refractivity contribution in [1.82, 2.24) is 9.80 Å². The lowest BCUT2D eigenvalue weighted by Crippen LogP contribution is -2.53. The van der Waals surface area contributed by atoms with Crippen LogP contribution in [0.5, 0.6) is 0 Å². The monoisotopic (exact) mass is 282 g/mol. The summed E-state index contributed by atoms with van der Waals surface area (Å²) in [5, 5.41) is 10.4. The van der Waals surface area contributed by atoms with Crippen LogP contribution < -0.4 is 0 Å². The maximum absolute atomic E-state index is 10.4. The average molecular weight is 282 g/mol. The topological polar surface area (TPSA) is 26.7 Å². The second-order valence-corrected chi connectivity index (χ2v) is 7.28. The minimum atomic E-state index is -0.112. The van der Waals surface area contributed by atoms with Crippen LogP contribution in [0.3, 0.4) is 0 Å². The smallest absolute Gasteiger partial charge is 0.0695 e. The Morgan fingerprint density at radius 3 is 2.35 bits per heavy atom. The van der Waals surface area contributed by atoms with Crippen LogP contribution in [-0.2, 0) is 0 Å². The van der Waals surface area contributed by atoms with E-state index in [0.29, 0.717) is 12.1 Å². The van der Waals surface area contributed by atoms with Crippen LogP contribution in [0.15, 0.2) is 0 Å². The molecule has 0 aromatic carbocycles. The van der Waals surface area contributed by atoms with Gasteiger partial charge in [0.1, 0.15) is 0 Å². The number of piperidine rings is 1. The maximum Gasteiger partial charge on any atom is 0.0695 e. The molecule has 1 heterocycles. The number of hydrogen-bond acceptors (Lipinski definition) is 3. The standard InChI is InChI=1S/C17H34N2O/c1-5-19-10-8-15(9-11-19)18(4)16-12-14(13(2)3)6-7-17(16)20/h13-17,20H,5-12H2,1-4H3. The fraction of sp³-hybridized carbons (Fsp3) is 1.00. The number of rotatable bonds is 4. The first kappa shape index (κ1) is 16.3. The van der Waals surface area contributed by atoms with Gasteiger partial charge in [-0.05, 0) is 70.6 Å². The number of likely N-dealkylation sites (tertiary alicyclic amines) is 1. The summed E-state index contributed by atoms with van der Waals surface area (Å²) in [7, 11) is 2.25. The van der Waals surface area contributed by atoms with E-state index in [2.05, 4.69) is 37.6 Å². The Bertz CT molecular complexity index is 287. The second-order valence-electron chi connectivity index (χ2n) is 7.28. The predicted octanol–water partition coefficient (Wildman–Crippen LogP) is 2.59. The molecule has 1 N–H and O–H groups in total. The van der Waals surface area contributed by atoms with Gasteiger partial charge in [-0.3, -0.25) is 4.90 Å². The van der Waals surface area contributed by atoms with Crippen molar-refractivity contribution >= 4 is 0 Å². The maximum atomic E-state index is 10.4. The van der Waals surface area contributed by atoms with Gasteiger partial charge in [-0.2, -0.15) is 0 Å². The lowest BCUT2D eigenvalue weighted by atomic mass is 9.77. The second kappa shape index (κ2) is 7.24. The summed E-state index contributed by atoms with van der Waals surface area (Å²) in [6.45, 7) is 10.5. The molecule has 1 aliphatic carbocycles. The largest absolute Gasteiger partial charge is 0.391 e. The fourth-order valence-electron chi connectivity index (χ4n) is 4.12. The lowest BCUT2D eigenvalue weighted by molar-refractivity contribution is -0.0215. The van der Waals surface area contributed by atoms with E-state index in [-0.39, 0.29) is 6.10 Å². The average Bonchev–Trinajstić information content (AvgIpc) is 2.47. The molecule has 1 saturated heterocycles. The highest BCUT2D eigenvalue weighted by Gasteiger charge is 2.36. The third-order valence-corrected chi connectivity index (χ3v) is 5.87. The number of nitrogens with zero attached hydrogens (tertiary/aromatic N) is 2. The highest BCUT2D eigenvalue weighted by atomic mass is 16.3. The molecule has 20 heavy (non-hydrogen) atoms. The Morgan fingerprint density at radius 2 is 1.80 bits per heavy atom. The van der Waals surface area contributed by atoms with Crippen molar-refractivity contribution in [3.8, 4) is 0 Å². The number of aliphatic hydroxyl groups excluding tert-OH is 1. The molecule has 1 aliphatic heterocycles. The summed E-state index contributed by atoms with van der Waals surface area (Å²) in [6.07, 6.45) is 5.80. The molecule has 2 aliphatic rings. The van der Waals surface area contributed by atoms with E-state index in [9.17, 15) is 5.11 Å². The zero-order valence-corrected chi connectivity index (χ0v) is 13.9. The summed E-state index contributed by atoms with van der Waals surface area (Å²) in [5.74, 6) is 1.54. The molecule has 0 amide bonds. The van der Waals surface area contributed by atoms with Gasteiger partial charge >= 0.3 is 0 Å². The van der Waals surface area contributed by atoms with E-state index in [4.69, 9.17) is 0 Å². The Balaban J connectivity index is 1.91. The molecule has 0 radical (unpaired) electrons. The van der Waals surface area contributed by atoms with E-state index in [1.54, 1.807) is 0 Å². The number of likely N-dealkylation sites (N-methyl/N-ethyl adjacent to an activating group) is 1. The molecular formula is C17H34N2O. The first-order chi connectivity index (χ1) is 9.52. The van der Waals surface area contributed by atoms with Gasteiger partial charge in [-0.25, -0.2) is 0 Å². The van der Waals surface area contributed by atoms with Crippen molar-refractivity contribution in [1.29, 1.82) is 0 Å². The van der Waals surface area contributed by atoms with Crippen LogP contribution in [0.2, 0.25) is 0 Å². The third kappa shape index (κ3) is 3.75. The molecule has 118 valence electrons. The van der Waals surface area contributed by atoms with E-state index < -0.39 is 0 Å². The molecule has 0 spiro atoms. The van der Waals surface area contributed by atoms with E-state index in [1.807, 2.05) is 0 Å². The molecule has 2 fully saturated rings. The van der Waals surface area contributed by atoms with Crippen LogP contribution in [0, 0.1) is 11.8 Å². The minimum Gasteiger partial charge on any atom is -0.391 e. The van der Waals surface area contributed by atoms with Crippen molar-refractivity contribution in [3.63, 3.8) is 0 Å². The van der Waals surface area contributed by atoms with Gasteiger partial charge in [0, 0.05) is 12.1 Å². The first-order valence-corrected chi connectivity index (χ1v) is 8.65. The Morgan fingerprint density at radius 1 is 1.15 bits per heavy atom. The van der Waals surface area contributed by atoms with Gasteiger partial charge in [-0.15, -0.1) is 0 Å². The highest BCUT2D eigenvalue weighted by Crippen LogP contribution is 2.34. The lowest BCUT2D eigenvalue weighted by Gasteiger charge is -2.45. The molecular weight excluding hydrogens is 248 g/mol. The highest BCUT2D eigenvalue weighted by molar-refractivity contribution is 4.90. The van der Waals surface area contributed by atoms with Crippen LogP contribution >= 0.6 is 0 Å². The fourth-order valence-corrected chi connectivity index (χ4v) is 4.12. The Kier molecular flexibility index (Phi) is 5.88. The van der Waals surface area contributed by atoms with E-state index in [0.717, 1.165) is 18.3 Å². The van der Waals surface area contributed by atoms with Gasteiger partial charge in [0.05, 0.1) is 6.10 Å². The van der Waals surface area contributed by atoms with Gasteiger partial charge < -0.3 is 10.0 Å².